The van der Waals surface area contributed by atoms with Gasteiger partial charge in [-0.1, -0.05) is 6.07 Å². The second-order valence-corrected chi connectivity index (χ2v) is 4.54. The third kappa shape index (κ3) is 3.94. The molecule has 0 aliphatic heterocycles. The summed E-state index contributed by atoms with van der Waals surface area (Å²) in [5.74, 6) is 1.22. The zero-order chi connectivity index (χ0) is 12.9. The van der Waals surface area contributed by atoms with Crippen molar-refractivity contribution in [2.24, 2.45) is 11.1 Å². The van der Waals surface area contributed by atoms with Crippen molar-refractivity contribution in [3.63, 3.8) is 0 Å². The van der Waals surface area contributed by atoms with Gasteiger partial charge in [0, 0.05) is 13.1 Å². The number of nitrogens with two attached hydrogens (primary N) is 1. The summed E-state index contributed by atoms with van der Waals surface area (Å²) in [6.45, 7) is 6.90. The molecule has 0 aliphatic carbocycles. The van der Waals surface area contributed by atoms with E-state index in [2.05, 4.69) is 15.6 Å². The Labute approximate surface area is 102 Å². The molecule has 0 aliphatic rings. The Hall–Kier alpha value is -1.78. The Morgan fingerprint density at radius 3 is 2.47 bits per heavy atom. The standard InChI is InChI=1S/C12H20N4O/c1-4-14-9-6-5-7-10(16-9)15-8-12(2,3)11(13)17/h5-7H,4,8H2,1-3H3,(H2,13,17)(H2,14,15,16). The molecule has 0 saturated heterocycles. The SMILES string of the molecule is CCNc1cccc(NCC(C)(C)C(N)=O)n1. The van der Waals surface area contributed by atoms with Crippen LogP contribution in [0.2, 0.25) is 0 Å². The van der Waals surface area contributed by atoms with Crippen molar-refractivity contribution < 1.29 is 4.79 Å². The number of carbonyl (C=O) groups is 1. The van der Waals surface area contributed by atoms with Crippen molar-refractivity contribution in [2.75, 3.05) is 23.7 Å². The van der Waals surface area contributed by atoms with E-state index < -0.39 is 5.41 Å². The van der Waals surface area contributed by atoms with Crippen LogP contribution in [0.5, 0.6) is 0 Å². The number of amides is 1. The van der Waals surface area contributed by atoms with E-state index in [0.717, 1.165) is 18.2 Å². The normalized spacial score (nSPS) is 11.0. The van der Waals surface area contributed by atoms with E-state index >= 15 is 0 Å². The second kappa shape index (κ2) is 5.52. The first-order chi connectivity index (χ1) is 7.95. The number of nitrogens with zero attached hydrogens (tertiary/aromatic N) is 1. The van der Waals surface area contributed by atoms with E-state index in [1.54, 1.807) is 13.8 Å². The number of primary amides is 1. The maximum Gasteiger partial charge on any atom is 0.224 e. The molecule has 0 bridgehead atoms. The van der Waals surface area contributed by atoms with Gasteiger partial charge in [-0.25, -0.2) is 4.98 Å². The fraction of sp³-hybridized carbons (Fsp3) is 0.500. The van der Waals surface area contributed by atoms with Gasteiger partial charge >= 0.3 is 0 Å². The van der Waals surface area contributed by atoms with Gasteiger partial charge in [-0.2, -0.15) is 0 Å². The van der Waals surface area contributed by atoms with Gasteiger partial charge in [-0.3, -0.25) is 4.79 Å². The number of anilines is 2. The van der Waals surface area contributed by atoms with Gasteiger partial charge in [0.2, 0.25) is 5.91 Å². The molecule has 0 radical (unpaired) electrons. The average Bonchev–Trinajstić information content (AvgIpc) is 2.27. The molecule has 0 aromatic carbocycles. The third-order valence-corrected chi connectivity index (χ3v) is 2.49. The van der Waals surface area contributed by atoms with Crippen molar-refractivity contribution in [2.45, 2.75) is 20.8 Å². The molecule has 0 atom stereocenters. The topological polar surface area (TPSA) is 80.0 Å². The highest BCUT2D eigenvalue weighted by Gasteiger charge is 2.24. The van der Waals surface area contributed by atoms with Gasteiger partial charge in [0.05, 0.1) is 5.41 Å². The lowest BCUT2D eigenvalue weighted by Gasteiger charge is -2.21. The number of nitrogens with one attached hydrogen (secondary N) is 2. The Morgan fingerprint density at radius 2 is 1.94 bits per heavy atom. The summed E-state index contributed by atoms with van der Waals surface area (Å²) in [7, 11) is 0. The first-order valence-electron chi connectivity index (χ1n) is 5.70. The zero-order valence-electron chi connectivity index (χ0n) is 10.6. The van der Waals surface area contributed by atoms with Gasteiger partial charge < -0.3 is 16.4 Å². The third-order valence-electron chi connectivity index (χ3n) is 2.49. The number of rotatable bonds is 6. The minimum absolute atomic E-state index is 0.326. The van der Waals surface area contributed by atoms with Crippen molar-refractivity contribution in [3.05, 3.63) is 18.2 Å². The zero-order valence-corrected chi connectivity index (χ0v) is 10.6. The second-order valence-electron chi connectivity index (χ2n) is 4.54. The van der Waals surface area contributed by atoms with Gasteiger partial charge in [-0.05, 0) is 32.9 Å². The maximum atomic E-state index is 11.2. The lowest BCUT2D eigenvalue weighted by Crippen LogP contribution is -2.37. The summed E-state index contributed by atoms with van der Waals surface area (Å²) >= 11 is 0. The molecule has 94 valence electrons. The van der Waals surface area contributed by atoms with Crippen LogP contribution in [0.1, 0.15) is 20.8 Å². The van der Waals surface area contributed by atoms with Gasteiger partial charge in [0.25, 0.3) is 0 Å². The molecule has 1 aromatic rings. The Morgan fingerprint density at radius 1 is 1.35 bits per heavy atom. The fourth-order valence-corrected chi connectivity index (χ4v) is 1.21. The van der Waals surface area contributed by atoms with E-state index in [0.29, 0.717) is 6.54 Å². The van der Waals surface area contributed by atoms with Crippen molar-refractivity contribution >= 4 is 17.5 Å². The number of carbonyl (C=O) groups excluding carboxylic acids is 1. The molecule has 0 fully saturated rings. The van der Waals surface area contributed by atoms with Crippen LogP contribution in [-0.2, 0) is 4.79 Å². The highest BCUT2D eigenvalue weighted by atomic mass is 16.1. The van der Waals surface area contributed by atoms with Crippen LogP contribution >= 0.6 is 0 Å². The summed E-state index contributed by atoms with van der Waals surface area (Å²) in [5, 5.41) is 6.24. The molecule has 0 spiro atoms. The lowest BCUT2D eigenvalue weighted by atomic mass is 9.93. The van der Waals surface area contributed by atoms with E-state index in [9.17, 15) is 4.79 Å². The van der Waals surface area contributed by atoms with Gasteiger partial charge in [-0.15, -0.1) is 0 Å². The summed E-state index contributed by atoms with van der Waals surface area (Å²) in [6, 6.07) is 5.66. The summed E-state index contributed by atoms with van der Waals surface area (Å²) < 4.78 is 0. The molecule has 1 amide bonds. The Bertz CT molecular complexity index is 390. The minimum atomic E-state index is -0.587. The molecular weight excluding hydrogens is 216 g/mol. The average molecular weight is 236 g/mol. The molecule has 0 unspecified atom stereocenters. The molecule has 5 heteroatoms. The van der Waals surface area contributed by atoms with Crippen LogP contribution in [-0.4, -0.2) is 24.0 Å². The predicted octanol–water partition coefficient (Wildman–Crippen LogP) is 1.44. The molecule has 4 N–H and O–H groups in total. The molecule has 1 rings (SSSR count). The van der Waals surface area contributed by atoms with E-state index in [1.807, 2.05) is 25.1 Å². The van der Waals surface area contributed by atoms with Gasteiger partial charge in [0.1, 0.15) is 11.6 Å². The number of hydrogen-bond acceptors (Lipinski definition) is 4. The summed E-state index contributed by atoms with van der Waals surface area (Å²) in [4.78, 5) is 15.5. The number of pyridine rings is 1. The quantitative estimate of drug-likeness (QED) is 0.698. The highest BCUT2D eigenvalue weighted by Crippen LogP contribution is 2.16. The van der Waals surface area contributed by atoms with Crippen LogP contribution in [0, 0.1) is 5.41 Å². The number of hydrogen-bond donors (Lipinski definition) is 3. The van der Waals surface area contributed by atoms with Crippen LogP contribution < -0.4 is 16.4 Å². The van der Waals surface area contributed by atoms with E-state index in [-0.39, 0.29) is 5.91 Å². The maximum absolute atomic E-state index is 11.2. The number of aromatic nitrogens is 1. The molecule has 0 saturated carbocycles. The Balaban J connectivity index is 2.63. The van der Waals surface area contributed by atoms with E-state index in [4.69, 9.17) is 5.73 Å². The lowest BCUT2D eigenvalue weighted by molar-refractivity contribution is -0.125. The molecule has 5 nitrogen and oxygen atoms in total. The smallest absolute Gasteiger partial charge is 0.224 e. The summed E-state index contributed by atoms with van der Waals surface area (Å²) in [5.41, 5.74) is 4.71. The predicted molar refractivity (Wildman–Crippen MR) is 69.9 cm³/mol. The molecule has 1 heterocycles. The van der Waals surface area contributed by atoms with E-state index in [1.165, 1.54) is 0 Å². The summed E-state index contributed by atoms with van der Waals surface area (Å²) in [6.07, 6.45) is 0. The molecule has 1 aromatic heterocycles. The first kappa shape index (κ1) is 13.3. The van der Waals surface area contributed by atoms with Crippen molar-refractivity contribution in [1.29, 1.82) is 0 Å². The monoisotopic (exact) mass is 236 g/mol. The van der Waals surface area contributed by atoms with Crippen LogP contribution in [0.15, 0.2) is 18.2 Å². The van der Waals surface area contributed by atoms with Crippen molar-refractivity contribution in [1.82, 2.24) is 4.98 Å². The fourth-order valence-electron chi connectivity index (χ4n) is 1.21. The van der Waals surface area contributed by atoms with Crippen LogP contribution in [0.4, 0.5) is 11.6 Å². The molecule has 17 heavy (non-hydrogen) atoms. The van der Waals surface area contributed by atoms with Crippen LogP contribution in [0.25, 0.3) is 0 Å². The molecular formula is C12H20N4O. The minimum Gasteiger partial charge on any atom is -0.370 e. The largest absolute Gasteiger partial charge is 0.370 e. The highest BCUT2D eigenvalue weighted by molar-refractivity contribution is 5.80. The van der Waals surface area contributed by atoms with Gasteiger partial charge in [0.15, 0.2) is 0 Å². The van der Waals surface area contributed by atoms with Crippen LogP contribution in [0.3, 0.4) is 0 Å². The first-order valence-corrected chi connectivity index (χ1v) is 5.70. The van der Waals surface area contributed by atoms with Crippen molar-refractivity contribution in [3.8, 4) is 0 Å². The Kier molecular flexibility index (Phi) is 4.31.